The van der Waals surface area contributed by atoms with Crippen LogP contribution in [-0.2, 0) is 22.1 Å². The van der Waals surface area contributed by atoms with Gasteiger partial charge in [-0.05, 0) is 62.9 Å². The fraction of sp³-hybridized carbons (Fsp3) is 0.500. The van der Waals surface area contributed by atoms with Crippen molar-refractivity contribution in [2.45, 2.75) is 57.0 Å². The number of alkyl halides is 3. The molecule has 3 atom stereocenters. The summed E-state index contributed by atoms with van der Waals surface area (Å²) in [5, 5.41) is 12.0. The lowest BCUT2D eigenvalue weighted by Gasteiger charge is -2.47. The first kappa shape index (κ1) is 28.8. The summed E-state index contributed by atoms with van der Waals surface area (Å²) in [4.78, 5) is 28.5. The van der Waals surface area contributed by atoms with E-state index in [2.05, 4.69) is 15.1 Å². The van der Waals surface area contributed by atoms with Crippen LogP contribution < -0.4 is 10.2 Å². The van der Waals surface area contributed by atoms with E-state index in [9.17, 15) is 32.3 Å². The number of amides is 1. The Kier molecular flexibility index (Phi) is 8.51. The van der Waals surface area contributed by atoms with Crippen LogP contribution in [0, 0.1) is 5.82 Å². The topological polar surface area (TPSA) is 82.1 Å². The maximum atomic E-state index is 13.8. The van der Waals surface area contributed by atoms with Crippen molar-refractivity contribution >= 4 is 17.6 Å². The summed E-state index contributed by atoms with van der Waals surface area (Å²) >= 11 is 0. The van der Waals surface area contributed by atoms with Crippen LogP contribution >= 0.6 is 0 Å². The number of carboxylic acid groups (broad SMARTS) is 1. The van der Waals surface area contributed by atoms with Gasteiger partial charge in [0.1, 0.15) is 11.4 Å². The molecule has 0 unspecified atom stereocenters. The highest BCUT2D eigenvalue weighted by Gasteiger charge is 2.41. The van der Waals surface area contributed by atoms with Crippen molar-refractivity contribution in [2.24, 2.45) is 0 Å². The third kappa shape index (κ3) is 6.70. The van der Waals surface area contributed by atoms with E-state index in [-0.39, 0.29) is 36.5 Å². The average Bonchev–Trinajstić information content (AvgIpc) is 2.89. The summed E-state index contributed by atoms with van der Waals surface area (Å²) in [5.41, 5.74) is -0.921. The van der Waals surface area contributed by atoms with Crippen LogP contribution in [0.3, 0.4) is 0 Å². The summed E-state index contributed by atoms with van der Waals surface area (Å²) in [6.45, 7) is 6.37. The van der Waals surface area contributed by atoms with Gasteiger partial charge in [0.2, 0.25) is 0 Å². The van der Waals surface area contributed by atoms with Gasteiger partial charge in [-0.3, -0.25) is 9.69 Å². The number of aromatic carboxylic acids is 1. The van der Waals surface area contributed by atoms with Gasteiger partial charge < -0.3 is 20.1 Å². The van der Waals surface area contributed by atoms with Crippen LogP contribution in [0.2, 0.25) is 0 Å². The molecule has 2 heterocycles. The van der Waals surface area contributed by atoms with Gasteiger partial charge in [-0.15, -0.1) is 0 Å². The maximum Gasteiger partial charge on any atom is 0.416 e. The summed E-state index contributed by atoms with van der Waals surface area (Å²) in [5.74, 6) is -2.35. The van der Waals surface area contributed by atoms with Crippen molar-refractivity contribution in [3.8, 4) is 0 Å². The third-order valence-corrected chi connectivity index (χ3v) is 7.67. The molecule has 2 aromatic rings. The monoisotopic (exact) mass is 551 g/mol. The van der Waals surface area contributed by atoms with Crippen molar-refractivity contribution in [2.75, 3.05) is 37.7 Å². The number of piperazine rings is 1. The Labute approximate surface area is 224 Å². The van der Waals surface area contributed by atoms with E-state index >= 15 is 0 Å². The van der Waals surface area contributed by atoms with Crippen LogP contribution in [-0.4, -0.2) is 72.4 Å². The summed E-state index contributed by atoms with van der Waals surface area (Å²) in [7, 11) is 0. The number of nitrogens with one attached hydrogen (secondary N) is 1. The number of hydrogen-bond donors (Lipinski definition) is 2. The molecule has 39 heavy (non-hydrogen) atoms. The summed E-state index contributed by atoms with van der Waals surface area (Å²) in [6, 6.07) is 9.39. The van der Waals surface area contributed by atoms with Gasteiger partial charge >= 0.3 is 12.1 Å². The molecule has 2 aliphatic rings. The molecule has 2 N–H and O–H groups in total. The number of carboxylic acids is 1. The Hall–Kier alpha value is -3.18. The Morgan fingerprint density at radius 2 is 1.95 bits per heavy atom. The number of benzene rings is 2. The molecule has 2 saturated heterocycles. The zero-order valence-corrected chi connectivity index (χ0v) is 21.9. The number of nitrogens with zero attached hydrogens (tertiary/aromatic N) is 2. The number of halogens is 4. The number of hydrogen-bond acceptors (Lipinski definition) is 5. The van der Waals surface area contributed by atoms with Gasteiger partial charge in [0.05, 0.1) is 17.7 Å². The molecule has 0 saturated carbocycles. The van der Waals surface area contributed by atoms with Crippen LogP contribution in [0.1, 0.15) is 48.2 Å². The smallest absolute Gasteiger partial charge is 0.416 e. The molecule has 0 spiro atoms. The zero-order chi connectivity index (χ0) is 28.4. The van der Waals surface area contributed by atoms with E-state index in [1.165, 1.54) is 18.2 Å². The van der Waals surface area contributed by atoms with E-state index in [1.54, 1.807) is 19.1 Å². The van der Waals surface area contributed by atoms with Gasteiger partial charge in [-0.25, -0.2) is 9.18 Å². The minimum Gasteiger partial charge on any atom is -0.478 e. The van der Waals surface area contributed by atoms with Crippen LogP contribution in [0.4, 0.5) is 23.2 Å². The summed E-state index contributed by atoms with van der Waals surface area (Å²) < 4.78 is 58.6. The first-order valence-electron chi connectivity index (χ1n) is 13.0. The first-order chi connectivity index (χ1) is 18.4. The second kappa shape index (κ2) is 11.5. The lowest BCUT2D eigenvalue weighted by molar-refractivity contribution is -0.156. The minimum atomic E-state index is -4.41. The van der Waals surface area contributed by atoms with E-state index < -0.39 is 29.1 Å². The standard InChI is InChI=1S/C28H33F4N3O4/c1-18-16-34(12-13-35(18)21-6-7-24(29)23(15-21)25(36)37)22-8-10-27(2,39-17-22)26(38)33-11-9-19-4-3-5-20(14-19)28(30,31)32/h3-7,14-15,18,22H,8-13,16-17H2,1-2H3,(H,33,38)(H,36,37)/t18-,22+,27+/m0/s1. The van der Waals surface area contributed by atoms with Crippen molar-refractivity contribution < 1.29 is 37.0 Å². The predicted octanol–water partition coefficient (Wildman–Crippen LogP) is 4.35. The normalized spacial score (nSPS) is 24.4. The van der Waals surface area contributed by atoms with Gasteiger partial charge in [-0.2, -0.15) is 13.2 Å². The fourth-order valence-electron chi connectivity index (χ4n) is 5.31. The van der Waals surface area contributed by atoms with Crippen LogP contribution in [0.25, 0.3) is 0 Å². The van der Waals surface area contributed by atoms with Crippen molar-refractivity contribution in [1.82, 2.24) is 10.2 Å². The maximum absolute atomic E-state index is 13.8. The molecule has 1 amide bonds. The van der Waals surface area contributed by atoms with Gasteiger partial charge in [0.25, 0.3) is 5.91 Å². The molecular weight excluding hydrogens is 518 g/mol. The quantitative estimate of drug-likeness (QED) is 0.498. The Balaban J connectivity index is 1.26. The molecule has 0 radical (unpaired) electrons. The summed E-state index contributed by atoms with van der Waals surface area (Å²) in [6.07, 6.45) is -2.89. The van der Waals surface area contributed by atoms with Crippen molar-refractivity contribution in [1.29, 1.82) is 0 Å². The molecule has 2 fully saturated rings. The Bertz CT molecular complexity index is 1200. The number of anilines is 1. The SMILES string of the molecule is C[C@H]1CN([C@@H]2CC[C@](C)(C(=O)NCCc3cccc(C(F)(F)F)c3)OC2)CCN1c1ccc(F)c(C(=O)O)c1. The highest BCUT2D eigenvalue weighted by Crippen LogP contribution is 2.31. The molecular formula is C28H33F4N3O4. The minimum absolute atomic E-state index is 0.0540. The van der Waals surface area contributed by atoms with Crippen molar-refractivity contribution in [3.63, 3.8) is 0 Å². The van der Waals surface area contributed by atoms with E-state index in [1.807, 2.05) is 6.92 Å². The highest BCUT2D eigenvalue weighted by atomic mass is 19.4. The van der Waals surface area contributed by atoms with E-state index in [4.69, 9.17) is 4.74 Å². The molecule has 7 nitrogen and oxygen atoms in total. The lowest BCUT2D eigenvalue weighted by Crippen LogP contribution is -2.59. The van der Waals surface area contributed by atoms with Crippen LogP contribution in [0.15, 0.2) is 42.5 Å². The molecule has 0 bridgehead atoms. The van der Waals surface area contributed by atoms with Gasteiger partial charge in [0, 0.05) is 44.0 Å². The van der Waals surface area contributed by atoms with Crippen molar-refractivity contribution in [3.05, 3.63) is 65.0 Å². The first-order valence-corrected chi connectivity index (χ1v) is 13.0. The number of rotatable bonds is 7. The lowest BCUT2D eigenvalue weighted by atomic mass is 9.91. The molecule has 0 aliphatic carbocycles. The third-order valence-electron chi connectivity index (χ3n) is 7.67. The molecule has 212 valence electrons. The number of carbonyl (C=O) groups is 2. The molecule has 2 aromatic carbocycles. The van der Waals surface area contributed by atoms with E-state index in [0.29, 0.717) is 43.9 Å². The Morgan fingerprint density at radius 3 is 2.59 bits per heavy atom. The van der Waals surface area contributed by atoms with Crippen LogP contribution in [0.5, 0.6) is 0 Å². The Morgan fingerprint density at radius 1 is 1.18 bits per heavy atom. The second-order valence-corrected chi connectivity index (χ2v) is 10.4. The van der Waals surface area contributed by atoms with Gasteiger partial charge in [0.15, 0.2) is 0 Å². The molecule has 2 aliphatic heterocycles. The highest BCUT2D eigenvalue weighted by molar-refractivity contribution is 5.89. The molecule has 0 aromatic heterocycles. The average molecular weight is 552 g/mol. The van der Waals surface area contributed by atoms with E-state index in [0.717, 1.165) is 18.6 Å². The largest absolute Gasteiger partial charge is 0.478 e. The molecule has 4 rings (SSSR count). The predicted molar refractivity (Wildman–Crippen MR) is 137 cm³/mol. The number of ether oxygens (including phenoxy) is 1. The molecule has 11 heteroatoms. The fourth-order valence-corrected chi connectivity index (χ4v) is 5.31. The van der Waals surface area contributed by atoms with Gasteiger partial charge in [-0.1, -0.05) is 18.2 Å². The zero-order valence-electron chi connectivity index (χ0n) is 21.9. The second-order valence-electron chi connectivity index (χ2n) is 10.4. The number of carbonyl (C=O) groups excluding carboxylic acids is 1.